The Balaban J connectivity index is 2.31. The van der Waals surface area contributed by atoms with E-state index in [1.807, 2.05) is 0 Å². The number of methoxy groups -OCH3 is 1. The molecule has 1 atom stereocenters. The Bertz CT molecular complexity index is 763. The quantitative estimate of drug-likeness (QED) is 0.758. The van der Waals surface area contributed by atoms with Crippen LogP contribution in [-0.4, -0.2) is 39.7 Å². The summed E-state index contributed by atoms with van der Waals surface area (Å²) in [6, 6.07) is 3.22. The summed E-state index contributed by atoms with van der Waals surface area (Å²) < 4.78 is 27.7. The Labute approximate surface area is 143 Å². The van der Waals surface area contributed by atoms with Crippen molar-refractivity contribution in [2.24, 2.45) is 11.1 Å². The highest BCUT2D eigenvalue weighted by Gasteiger charge is 2.34. The van der Waals surface area contributed by atoms with Crippen molar-refractivity contribution in [1.82, 2.24) is 0 Å². The Hall–Kier alpha value is -1.45. The number of anilines is 1. The van der Waals surface area contributed by atoms with Crippen LogP contribution in [0.4, 0.5) is 5.69 Å². The molecule has 1 unspecified atom stereocenters. The normalized spacial score (nSPS) is 18.3. The van der Waals surface area contributed by atoms with E-state index in [2.05, 4.69) is 15.9 Å². The van der Waals surface area contributed by atoms with Crippen LogP contribution in [-0.2, 0) is 19.6 Å². The molecule has 1 saturated heterocycles. The van der Waals surface area contributed by atoms with Gasteiger partial charge in [-0.1, -0.05) is 0 Å². The van der Waals surface area contributed by atoms with E-state index in [0.717, 1.165) is 0 Å². The second-order valence-corrected chi connectivity index (χ2v) is 7.92. The molecule has 2 rings (SSSR count). The van der Waals surface area contributed by atoms with Crippen molar-refractivity contribution in [2.75, 3.05) is 24.3 Å². The molecule has 0 bridgehead atoms. The maximum absolute atomic E-state index is 12.2. The number of halogens is 1. The number of esters is 1. The summed E-state index contributed by atoms with van der Waals surface area (Å²) in [7, 11) is -2.33. The number of carbonyl (C=O) groups excluding carboxylic acids is 2. The van der Waals surface area contributed by atoms with Gasteiger partial charge in [-0.15, -0.1) is 0 Å². The molecule has 126 valence electrons. The minimum Gasteiger partial charge on any atom is -0.465 e. The second kappa shape index (κ2) is 6.58. The van der Waals surface area contributed by atoms with Crippen molar-refractivity contribution in [1.29, 1.82) is 0 Å². The number of rotatable bonds is 4. The summed E-state index contributed by atoms with van der Waals surface area (Å²) in [5, 5.41) is 5.05. The number of hydrogen-bond donors (Lipinski definition) is 1. The summed E-state index contributed by atoms with van der Waals surface area (Å²) >= 11 is 3.40. The van der Waals surface area contributed by atoms with E-state index in [9.17, 15) is 18.0 Å². The van der Waals surface area contributed by atoms with Gasteiger partial charge in [-0.2, -0.15) is 0 Å². The third kappa shape index (κ3) is 3.91. The first-order chi connectivity index (χ1) is 10.6. The van der Waals surface area contributed by atoms with Crippen molar-refractivity contribution in [2.45, 2.75) is 13.3 Å². The third-order valence-electron chi connectivity index (χ3n) is 3.74. The molecule has 7 nitrogen and oxygen atoms in total. The van der Waals surface area contributed by atoms with Gasteiger partial charge < -0.3 is 9.64 Å². The molecule has 0 aromatic heterocycles. The Kier molecular flexibility index (Phi) is 5.12. The lowest BCUT2D eigenvalue weighted by atomic mass is 10.1. The first-order valence-electron chi connectivity index (χ1n) is 6.82. The van der Waals surface area contributed by atoms with E-state index in [-0.39, 0.29) is 30.5 Å². The number of sulfonamides is 1. The lowest BCUT2D eigenvalue weighted by molar-refractivity contribution is -0.117. The van der Waals surface area contributed by atoms with Crippen LogP contribution < -0.4 is 10.0 Å². The lowest BCUT2D eigenvalue weighted by Gasteiger charge is -2.20. The van der Waals surface area contributed by atoms with E-state index in [0.29, 0.717) is 21.3 Å². The molecule has 2 N–H and O–H groups in total. The molecule has 9 heteroatoms. The van der Waals surface area contributed by atoms with Gasteiger partial charge in [0.2, 0.25) is 15.9 Å². The number of primary sulfonamides is 1. The van der Waals surface area contributed by atoms with Gasteiger partial charge in [-0.3, -0.25) is 4.79 Å². The maximum atomic E-state index is 12.2. The van der Waals surface area contributed by atoms with Gasteiger partial charge in [0.25, 0.3) is 0 Å². The van der Waals surface area contributed by atoms with E-state index in [1.54, 1.807) is 19.1 Å². The molecule has 23 heavy (non-hydrogen) atoms. The Morgan fingerprint density at radius 2 is 2.13 bits per heavy atom. The van der Waals surface area contributed by atoms with Gasteiger partial charge in [-0.05, 0) is 40.5 Å². The largest absolute Gasteiger partial charge is 0.465 e. The molecule has 1 amide bonds. The highest BCUT2D eigenvalue weighted by atomic mass is 79.9. The van der Waals surface area contributed by atoms with Crippen LogP contribution in [0.2, 0.25) is 0 Å². The third-order valence-corrected chi connectivity index (χ3v) is 5.67. The monoisotopic (exact) mass is 404 g/mol. The summed E-state index contributed by atoms with van der Waals surface area (Å²) in [4.78, 5) is 25.4. The molecule has 1 aliphatic rings. The van der Waals surface area contributed by atoms with Gasteiger partial charge in [0, 0.05) is 23.4 Å². The predicted octanol–water partition coefficient (Wildman–Crippen LogP) is 1.19. The second-order valence-electron chi connectivity index (χ2n) is 5.47. The molecular formula is C14H17BrN2O5S. The molecule has 1 fully saturated rings. The first-order valence-corrected chi connectivity index (χ1v) is 9.33. The van der Waals surface area contributed by atoms with Gasteiger partial charge >= 0.3 is 5.97 Å². The van der Waals surface area contributed by atoms with E-state index in [4.69, 9.17) is 9.88 Å². The highest BCUT2D eigenvalue weighted by Crippen LogP contribution is 2.35. The fourth-order valence-corrected chi connectivity index (χ4v) is 4.11. The molecule has 1 heterocycles. The highest BCUT2D eigenvalue weighted by molar-refractivity contribution is 9.10. The van der Waals surface area contributed by atoms with Gasteiger partial charge in [0.05, 0.1) is 24.1 Å². The number of hydrogen-bond acceptors (Lipinski definition) is 5. The Morgan fingerprint density at radius 3 is 2.70 bits per heavy atom. The summed E-state index contributed by atoms with van der Waals surface area (Å²) in [6.07, 6.45) is 0.126. The Morgan fingerprint density at radius 1 is 1.48 bits per heavy atom. The number of carbonyl (C=O) groups is 2. The number of nitrogens with zero attached hydrogens (tertiary/aromatic N) is 1. The van der Waals surface area contributed by atoms with E-state index in [1.165, 1.54) is 12.0 Å². The van der Waals surface area contributed by atoms with Crippen LogP contribution in [0.25, 0.3) is 0 Å². The number of ether oxygens (including phenoxy) is 1. The van der Waals surface area contributed by atoms with Gasteiger partial charge in [0.1, 0.15) is 0 Å². The van der Waals surface area contributed by atoms with Crippen LogP contribution in [0.3, 0.4) is 0 Å². The fraction of sp³-hybridized carbons (Fsp3) is 0.429. The van der Waals surface area contributed by atoms with Crippen LogP contribution in [0.1, 0.15) is 22.3 Å². The molecule has 0 aliphatic carbocycles. The SMILES string of the molecule is COC(=O)c1ccc(N2CC(CS(N)(=O)=O)CC2=O)c(Br)c1C. The van der Waals surface area contributed by atoms with Crippen molar-refractivity contribution < 1.29 is 22.7 Å². The van der Waals surface area contributed by atoms with Crippen LogP contribution in [0.15, 0.2) is 16.6 Å². The van der Waals surface area contributed by atoms with Crippen LogP contribution in [0, 0.1) is 12.8 Å². The zero-order valence-corrected chi connectivity index (χ0v) is 15.1. The minimum atomic E-state index is -3.63. The summed E-state index contributed by atoms with van der Waals surface area (Å²) in [6.45, 7) is 2.01. The molecular weight excluding hydrogens is 388 g/mol. The number of amides is 1. The van der Waals surface area contributed by atoms with Gasteiger partial charge in [-0.25, -0.2) is 18.4 Å². The minimum absolute atomic E-state index is 0.126. The zero-order valence-electron chi connectivity index (χ0n) is 12.7. The average Bonchev–Trinajstić information content (AvgIpc) is 2.79. The number of benzene rings is 1. The smallest absolute Gasteiger partial charge is 0.338 e. The van der Waals surface area contributed by atoms with Gasteiger partial charge in [0.15, 0.2) is 0 Å². The van der Waals surface area contributed by atoms with Crippen molar-refractivity contribution in [3.63, 3.8) is 0 Å². The summed E-state index contributed by atoms with van der Waals surface area (Å²) in [5.74, 6) is -1.21. The predicted molar refractivity (Wildman–Crippen MR) is 88.7 cm³/mol. The molecule has 1 aromatic rings. The molecule has 1 aliphatic heterocycles. The standard InChI is InChI=1S/C14H17BrN2O5S/c1-8-10(14(19)22-2)3-4-11(13(8)15)17-6-9(5-12(17)18)7-23(16,20)21/h3-4,9H,5-7H2,1-2H3,(H2,16,20,21). The van der Waals surface area contributed by atoms with E-state index < -0.39 is 16.0 Å². The topological polar surface area (TPSA) is 107 Å². The lowest BCUT2D eigenvalue weighted by Crippen LogP contribution is -2.28. The maximum Gasteiger partial charge on any atom is 0.338 e. The van der Waals surface area contributed by atoms with Crippen molar-refractivity contribution in [3.8, 4) is 0 Å². The van der Waals surface area contributed by atoms with Crippen LogP contribution >= 0.6 is 15.9 Å². The zero-order chi connectivity index (χ0) is 17.4. The summed E-state index contributed by atoms with van der Waals surface area (Å²) in [5.41, 5.74) is 1.64. The van der Waals surface area contributed by atoms with Crippen molar-refractivity contribution >= 4 is 43.5 Å². The molecule has 0 radical (unpaired) electrons. The molecule has 0 saturated carbocycles. The van der Waals surface area contributed by atoms with E-state index >= 15 is 0 Å². The molecule has 1 aromatic carbocycles. The van der Waals surface area contributed by atoms with Crippen molar-refractivity contribution in [3.05, 3.63) is 27.7 Å². The fourth-order valence-electron chi connectivity index (χ4n) is 2.66. The molecule has 0 spiro atoms. The number of nitrogens with two attached hydrogens (primary N) is 1. The average molecular weight is 405 g/mol. The first kappa shape index (κ1) is 17.9. The van der Waals surface area contributed by atoms with Crippen LogP contribution in [0.5, 0.6) is 0 Å².